The van der Waals surface area contributed by atoms with Gasteiger partial charge in [0.1, 0.15) is 5.00 Å². The molecule has 35 heavy (non-hydrogen) atoms. The van der Waals surface area contributed by atoms with E-state index in [1.165, 1.54) is 16.0 Å². The van der Waals surface area contributed by atoms with Gasteiger partial charge in [-0.25, -0.2) is 9.48 Å². The van der Waals surface area contributed by atoms with Gasteiger partial charge in [-0.05, 0) is 37.3 Å². The lowest BCUT2D eigenvalue weighted by Crippen LogP contribution is -2.28. The van der Waals surface area contributed by atoms with Crippen LogP contribution in [0.3, 0.4) is 0 Å². The fourth-order valence-corrected chi connectivity index (χ4v) is 5.65. The molecule has 0 atom stereocenters. The molecule has 0 spiro atoms. The normalized spacial score (nSPS) is 12.5. The predicted molar refractivity (Wildman–Crippen MR) is 134 cm³/mol. The van der Waals surface area contributed by atoms with Gasteiger partial charge < -0.3 is 15.8 Å². The first kappa shape index (κ1) is 24.6. The summed E-state index contributed by atoms with van der Waals surface area (Å²) in [6, 6.07) is 6.71. The van der Waals surface area contributed by atoms with Crippen LogP contribution < -0.4 is 16.6 Å². The van der Waals surface area contributed by atoms with Gasteiger partial charge in [-0.15, -0.1) is 11.3 Å². The Bertz CT molecular complexity index is 1340. The quantitative estimate of drug-likeness (QED) is 0.326. The minimum absolute atomic E-state index is 0.0172. The Labute approximate surface area is 206 Å². The molecule has 0 radical (unpaired) electrons. The van der Waals surface area contributed by atoms with Crippen molar-refractivity contribution in [2.45, 2.75) is 58.4 Å². The second kappa shape index (κ2) is 10.8. The highest BCUT2D eigenvalue weighted by Crippen LogP contribution is 2.38. The van der Waals surface area contributed by atoms with Crippen LogP contribution in [0.1, 0.15) is 70.3 Å². The monoisotopic (exact) mass is 496 g/mol. The number of aryl methyl sites for hydroxylation is 2. The van der Waals surface area contributed by atoms with Crippen molar-refractivity contribution in [2.24, 2.45) is 5.73 Å². The Hall–Kier alpha value is -3.53. The van der Waals surface area contributed by atoms with E-state index in [1.807, 2.05) is 0 Å². The minimum atomic E-state index is -0.803. The number of esters is 1. The Morgan fingerprint density at radius 1 is 1.14 bits per heavy atom. The lowest BCUT2D eigenvalue weighted by molar-refractivity contribution is -0.119. The number of hydrogen-bond donors (Lipinski definition) is 2. The summed E-state index contributed by atoms with van der Waals surface area (Å²) in [5.41, 5.74) is 6.48. The third kappa shape index (κ3) is 5.27. The molecule has 184 valence electrons. The van der Waals surface area contributed by atoms with Crippen molar-refractivity contribution in [1.29, 1.82) is 0 Å². The lowest BCUT2D eigenvalue weighted by atomic mass is 10.1. The van der Waals surface area contributed by atoms with Gasteiger partial charge in [-0.3, -0.25) is 14.4 Å². The average Bonchev–Trinajstić information content (AvgIpc) is 3.42. The van der Waals surface area contributed by atoms with Gasteiger partial charge >= 0.3 is 5.97 Å². The van der Waals surface area contributed by atoms with Crippen LogP contribution in [0, 0.1) is 0 Å². The summed E-state index contributed by atoms with van der Waals surface area (Å²) in [7, 11) is 0. The number of aromatic nitrogens is 2. The number of hydrogen-bond acceptors (Lipinski definition) is 7. The maximum atomic E-state index is 12.9. The van der Waals surface area contributed by atoms with Crippen molar-refractivity contribution in [3.8, 4) is 0 Å². The average molecular weight is 497 g/mol. The molecule has 4 rings (SSSR count). The second-order valence-electron chi connectivity index (χ2n) is 8.53. The van der Waals surface area contributed by atoms with Crippen molar-refractivity contribution >= 4 is 44.9 Å². The third-order valence-electron chi connectivity index (χ3n) is 6.04. The fourth-order valence-electron chi connectivity index (χ4n) is 4.34. The van der Waals surface area contributed by atoms with Crippen LogP contribution in [0.2, 0.25) is 0 Å². The molecular weight excluding hydrogens is 468 g/mol. The zero-order valence-corrected chi connectivity index (χ0v) is 20.4. The molecule has 0 saturated heterocycles. The van der Waals surface area contributed by atoms with Gasteiger partial charge in [-0.1, -0.05) is 44.4 Å². The Balaban J connectivity index is 1.49. The summed E-state index contributed by atoms with van der Waals surface area (Å²) >= 11 is 1.33. The van der Waals surface area contributed by atoms with Crippen molar-refractivity contribution in [1.82, 2.24) is 9.78 Å². The number of carbonyl (C=O) groups excluding carboxylic acids is 3. The van der Waals surface area contributed by atoms with Crippen LogP contribution in [-0.2, 0) is 28.9 Å². The van der Waals surface area contributed by atoms with Crippen LogP contribution in [0.15, 0.2) is 29.1 Å². The zero-order chi connectivity index (χ0) is 24.9. The number of thiophene rings is 1. The van der Waals surface area contributed by atoms with Gasteiger partial charge in [0.15, 0.2) is 12.3 Å². The molecule has 9 nitrogen and oxygen atoms in total. The molecule has 2 heterocycles. The smallest absolute Gasteiger partial charge is 0.359 e. The van der Waals surface area contributed by atoms with Gasteiger partial charge in [0.05, 0.1) is 10.9 Å². The van der Waals surface area contributed by atoms with Gasteiger partial charge in [0.25, 0.3) is 17.4 Å². The second-order valence-corrected chi connectivity index (χ2v) is 9.64. The fraction of sp³-hybridized carbons (Fsp3) is 0.400. The summed E-state index contributed by atoms with van der Waals surface area (Å²) in [5, 5.41) is 8.05. The van der Waals surface area contributed by atoms with E-state index in [4.69, 9.17) is 10.5 Å². The number of amides is 2. The largest absolute Gasteiger partial charge is 0.451 e. The number of nitrogens with two attached hydrogens (primary N) is 1. The Kier molecular flexibility index (Phi) is 7.60. The van der Waals surface area contributed by atoms with Gasteiger partial charge in [-0.2, -0.15) is 5.10 Å². The molecule has 2 amide bonds. The highest BCUT2D eigenvalue weighted by Gasteiger charge is 2.26. The molecular formula is C25H28N4O5S. The van der Waals surface area contributed by atoms with E-state index < -0.39 is 24.4 Å². The molecule has 2 aromatic heterocycles. The number of carbonyl (C=O) groups is 3. The minimum Gasteiger partial charge on any atom is -0.451 e. The summed E-state index contributed by atoms with van der Waals surface area (Å²) in [6.45, 7) is 1.93. The van der Waals surface area contributed by atoms with Crippen LogP contribution in [0.25, 0.3) is 10.8 Å². The summed E-state index contributed by atoms with van der Waals surface area (Å²) in [4.78, 5) is 51.2. The SMILES string of the molecule is CCCCCCn1nc(C(=O)OCC(=O)Nc2sc3c(c2C(N)=O)CCC3)c2ccccc2c1=O. The zero-order valence-electron chi connectivity index (χ0n) is 19.6. The van der Waals surface area contributed by atoms with E-state index in [0.29, 0.717) is 27.9 Å². The van der Waals surface area contributed by atoms with Crippen LogP contribution in [0.4, 0.5) is 5.00 Å². The summed E-state index contributed by atoms with van der Waals surface area (Å²) < 4.78 is 6.54. The topological polar surface area (TPSA) is 133 Å². The van der Waals surface area contributed by atoms with Gasteiger partial charge in [0.2, 0.25) is 0 Å². The van der Waals surface area contributed by atoms with Crippen molar-refractivity contribution in [3.05, 3.63) is 56.3 Å². The highest BCUT2D eigenvalue weighted by molar-refractivity contribution is 7.17. The first-order chi connectivity index (χ1) is 16.9. The Morgan fingerprint density at radius 2 is 1.91 bits per heavy atom. The molecule has 0 saturated carbocycles. The van der Waals surface area contributed by atoms with Crippen molar-refractivity contribution in [3.63, 3.8) is 0 Å². The standard InChI is InChI=1S/C25H28N4O5S/c1-2-3-4-7-13-29-24(32)16-10-6-5-9-15(16)21(28-29)25(33)34-14-19(30)27-23-20(22(26)31)17-11-8-12-18(17)35-23/h5-6,9-10H,2-4,7-8,11-14H2,1H3,(H2,26,31)(H,27,30). The van der Waals surface area contributed by atoms with E-state index in [0.717, 1.165) is 55.4 Å². The first-order valence-electron chi connectivity index (χ1n) is 11.8. The van der Waals surface area contributed by atoms with Crippen LogP contribution >= 0.6 is 11.3 Å². The molecule has 1 aliphatic carbocycles. The summed E-state index contributed by atoms with van der Waals surface area (Å²) in [5.74, 6) is -1.98. The van der Waals surface area contributed by atoms with E-state index >= 15 is 0 Å². The molecule has 0 bridgehead atoms. The molecule has 0 aliphatic heterocycles. The van der Waals surface area contributed by atoms with Crippen molar-refractivity contribution in [2.75, 3.05) is 11.9 Å². The maximum Gasteiger partial charge on any atom is 0.359 e. The Morgan fingerprint density at radius 3 is 2.66 bits per heavy atom. The molecule has 0 fully saturated rings. The highest BCUT2D eigenvalue weighted by atomic mass is 32.1. The number of fused-ring (bicyclic) bond motifs is 2. The number of anilines is 1. The lowest BCUT2D eigenvalue weighted by Gasteiger charge is -2.11. The predicted octanol–water partition coefficient (Wildman–Crippen LogP) is 3.42. The number of ether oxygens (including phenoxy) is 1. The number of nitrogens with zero attached hydrogens (tertiary/aromatic N) is 2. The summed E-state index contributed by atoms with van der Waals surface area (Å²) in [6.07, 6.45) is 6.39. The molecule has 10 heteroatoms. The number of benzene rings is 1. The van der Waals surface area contributed by atoms with E-state index in [1.54, 1.807) is 24.3 Å². The van der Waals surface area contributed by atoms with E-state index in [-0.39, 0.29) is 11.3 Å². The molecule has 0 unspecified atom stereocenters. The van der Waals surface area contributed by atoms with Crippen LogP contribution in [-0.4, -0.2) is 34.2 Å². The maximum absolute atomic E-state index is 12.9. The first-order valence-corrected chi connectivity index (χ1v) is 12.6. The molecule has 3 N–H and O–H groups in total. The van der Waals surface area contributed by atoms with Crippen LogP contribution in [0.5, 0.6) is 0 Å². The third-order valence-corrected chi connectivity index (χ3v) is 7.25. The van der Waals surface area contributed by atoms with Crippen molar-refractivity contribution < 1.29 is 19.1 Å². The van der Waals surface area contributed by atoms with Gasteiger partial charge in [0, 0.05) is 16.8 Å². The van der Waals surface area contributed by atoms with E-state index in [2.05, 4.69) is 17.3 Å². The number of nitrogens with one attached hydrogen (secondary N) is 1. The molecule has 1 aromatic carbocycles. The number of rotatable bonds is 10. The van der Waals surface area contributed by atoms with E-state index in [9.17, 15) is 19.2 Å². The number of primary amides is 1. The molecule has 3 aromatic rings. The number of unbranched alkanes of at least 4 members (excludes halogenated alkanes) is 3. The molecule has 1 aliphatic rings.